The zero-order valence-corrected chi connectivity index (χ0v) is 22.6. The quantitative estimate of drug-likeness (QED) is 0.312. The maximum Gasteiger partial charge on any atom is 0.247 e. The monoisotopic (exact) mass is 530 g/mol. The number of aryl methyl sites for hydroxylation is 1. The van der Waals surface area contributed by atoms with Crippen molar-refractivity contribution < 1.29 is 14.2 Å². The number of hydrogen-bond donors (Lipinski definition) is 2. The fourth-order valence-corrected chi connectivity index (χ4v) is 5.39. The molecule has 2 N–H and O–H groups in total. The van der Waals surface area contributed by atoms with E-state index in [4.69, 9.17) is 14.2 Å². The van der Waals surface area contributed by atoms with Gasteiger partial charge in [0.15, 0.2) is 0 Å². The number of H-pyrrole nitrogens is 1. The lowest BCUT2D eigenvalue weighted by atomic mass is 9.83. The number of ether oxygens (including phenoxy) is 3. The zero-order valence-electron chi connectivity index (χ0n) is 22.6. The van der Waals surface area contributed by atoms with Crippen molar-refractivity contribution in [2.24, 2.45) is 13.0 Å². The van der Waals surface area contributed by atoms with Gasteiger partial charge in [0.25, 0.3) is 0 Å². The second kappa shape index (κ2) is 12.0. The number of aromatic amines is 1. The lowest BCUT2D eigenvalue weighted by Gasteiger charge is -2.37. The van der Waals surface area contributed by atoms with Crippen LogP contribution in [0.15, 0.2) is 59.8 Å². The van der Waals surface area contributed by atoms with E-state index in [1.165, 1.54) is 43.0 Å². The van der Waals surface area contributed by atoms with Gasteiger partial charge in [-0.3, -0.25) is 9.78 Å². The molecule has 2 saturated carbocycles. The van der Waals surface area contributed by atoms with E-state index in [2.05, 4.69) is 45.1 Å². The molecule has 39 heavy (non-hydrogen) atoms. The molecular weight excluding hydrogens is 492 g/mol. The molecule has 206 valence electrons. The van der Waals surface area contributed by atoms with Crippen LogP contribution in [-0.4, -0.2) is 65.8 Å². The maximum absolute atomic E-state index is 11.2. The van der Waals surface area contributed by atoms with Crippen molar-refractivity contribution in [3.05, 3.63) is 65.3 Å². The third-order valence-electron chi connectivity index (χ3n) is 8.27. The van der Waals surface area contributed by atoms with E-state index in [0.29, 0.717) is 18.3 Å². The lowest BCUT2D eigenvalue weighted by Crippen LogP contribution is -2.48. The second-order valence-corrected chi connectivity index (χ2v) is 11.0. The maximum atomic E-state index is 11.2. The van der Waals surface area contributed by atoms with Crippen LogP contribution in [0.1, 0.15) is 32.1 Å². The first-order valence-electron chi connectivity index (χ1n) is 14.2. The summed E-state index contributed by atoms with van der Waals surface area (Å²) in [5.74, 6) is 0.743. The van der Waals surface area contributed by atoms with Crippen LogP contribution in [0, 0.1) is 5.92 Å². The van der Waals surface area contributed by atoms with Gasteiger partial charge in [-0.15, -0.1) is 0 Å². The molecule has 3 aromatic heterocycles. The highest BCUT2D eigenvalue weighted by Gasteiger charge is 2.31. The molecule has 1 aliphatic heterocycles. The average molecular weight is 531 g/mol. The van der Waals surface area contributed by atoms with Gasteiger partial charge in [0.05, 0.1) is 37.0 Å². The van der Waals surface area contributed by atoms with E-state index >= 15 is 0 Å². The van der Waals surface area contributed by atoms with Crippen LogP contribution in [0.25, 0.3) is 32.9 Å². The van der Waals surface area contributed by atoms with Crippen molar-refractivity contribution in [3.63, 3.8) is 0 Å². The van der Waals surface area contributed by atoms with Crippen molar-refractivity contribution >= 4 is 21.8 Å². The lowest BCUT2D eigenvalue weighted by molar-refractivity contribution is -0.0977. The molecule has 4 heterocycles. The first-order chi connectivity index (χ1) is 19.1. The minimum atomic E-state index is -0.0875. The first-order valence-corrected chi connectivity index (χ1v) is 14.2. The molecule has 3 aliphatic rings. The number of pyridine rings is 2. The molecule has 7 rings (SSSR count). The number of fused-ring (bicyclic) bond motifs is 3. The third kappa shape index (κ3) is 6.09. The summed E-state index contributed by atoms with van der Waals surface area (Å²) in [6.07, 6.45) is 13.2. The third-order valence-corrected chi connectivity index (χ3v) is 8.27. The van der Waals surface area contributed by atoms with Crippen LogP contribution in [0.4, 0.5) is 0 Å². The summed E-state index contributed by atoms with van der Waals surface area (Å²) in [4.78, 5) is 18.1. The summed E-state index contributed by atoms with van der Waals surface area (Å²) in [5, 5.41) is 5.54. The van der Waals surface area contributed by atoms with Gasteiger partial charge in [-0.05, 0) is 67.3 Å². The highest BCUT2D eigenvalue weighted by Crippen LogP contribution is 2.33. The summed E-state index contributed by atoms with van der Waals surface area (Å²) in [6, 6.07) is 11.7. The van der Waals surface area contributed by atoms with E-state index in [9.17, 15) is 4.79 Å². The van der Waals surface area contributed by atoms with Crippen LogP contribution in [0.2, 0.25) is 0 Å². The second-order valence-electron chi connectivity index (χ2n) is 11.0. The van der Waals surface area contributed by atoms with Gasteiger partial charge in [-0.2, -0.15) is 0 Å². The standard InChI is InChI=1S/C17H13N3O.C14H25NO3/c1-20-15-6-7-18-10-14(15)13-4-2-11(8-16(13)20)12-3-5-17(21)19-9-12;1-2-12(3-1)18-10-11-6-13(7-11)16-4-5-17-14-8-15-9-14/h2-10H,1H3,(H,19,21);11-15H,1-10H2. The molecule has 2 aliphatic carbocycles. The SMILES string of the molecule is C1CC(OCC2CC(OCCOC3CNC3)C2)C1.Cn1c2ccncc2c2ccc(-c3ccc(=O)[nH]c3)cc21. The van der Waals surface area contributed by atoms with Crippen molar-refractivity contribution in [1.29, 1.82) is 0 Å². The van der Waals surface area contributed by atoms with Crippen LogP contribution in [0.3, 0.4) is 0 Å². The normalized spacial score (nSPS) is 21.2. The number of benzene rings is 1. The van der Waals surface area contributed by atoms with E-state index in [0.717, 1.165) is 60.9 Å². The Morgan fingerprint density at radius 3 is 2.38 bits per heavy atom. The Bertz CT molecular complexity index is 1430. The Morgan fingerprint density at radius 1 is 0.897 bits per heavy atom. The molecule has 1 aromatic carbocycles. The Balaban J connectivity index is 0.000000144. The number of rotatable bonds is 9. The van der Waals surface area contributed by atoms with E-state index in [1.807, 2.05) is 24.5 Å². The Labute approximate surface area is 228 Å². The van der Waals surface area contributed by atoms with Gasteiger partial charge in [-0.1, -0.05) is 12.1 Å². The first kappa shape index (κ1) is 26.2. The van der Waals surface area contributed by atoms with Gasteiger partial charge in [0, 0.05) is 67.7 Å². The predicted octanol–water partition coefficient (Wildman–Crippen LogP) is 4.42. The average Bonchev–Trinajstić information content (AvgIpc) is 3.16. The molecule has 4 aromatic rings. The van der Waals surface area contributed by atoms with Crippen LogP contribution in [-0.2, 0) is 21.3 Å². The van der Waals surface area contributed by atoms with Gasteiger partial charge in [0.1, 0.15) is 0 Å². The highest BCUT2D eigenvalue weighted by atomic mass is 16.5. The van der Waals surface area contributed by atoms with Gasteiger partial charge in [0.2, 0.25) is 5.56 Å². The Hall–Kier alpha value is -3.04. The fraction of sp³-hybridized carbons (Fsp3) is 0.484. The minimum Gasteiger partial charge on any atom is -0.378 e. The Kier molecular flexibility index (Phi) is 8.06. The molecule has 3 fully saturated rings. The van der Waals surface area contributed by atoms with Crippen LogP contribution < -0.4 is 10.9 Å². The van der Waals surface area contributed by atoms with E-state index < -0.39 is 0 Å². The molecular formula is C31H38N4O4. The molecule has 0 spiro atoms. The fourth-order valence-electron chi connectivity index (χ4n) is 5.39. The topological polar surface area (TPSA) is 90.4 Å². The summed E-state index contributed by atoms with van der Waals surface area (Å²) >= 11 is 0. The van der Waals surface area contributed by atoms with Crippen molar-refractivity contribution in [3.8, 4) is 11.1 Å². The largest absolute Gasteiger partial charge is 0.378 e. The number of nitrogens with one attached hydrogen (secondary N) is 2. The van der Waals surface area contributed by atoms with E-state index in [1.54, 1.807) is 12.3 Å². The van der Waals surface area contributed by atoms with Crippen molar-refractivity contribution in [1.82, 2.24) is 19.9 Å². The van der Waals surface area contributed by atoms with Gasteiger partial charge < -0.3 is 29.1 Å². The van der Waals surface area contributed by atoms with Crippen molar-refractivity contribution in [2.75, 3.05) is 32.9 Å². The number of nitrogens with zero attached hydrogens (tertiary/aromatic N) is 2. The molecule has 1 saturated heterocycles. The highest BCUT2D eigenvalue weighted by molar-refractivity contribution is 6.08. The van der Waals surface area contributed by atoms with Crippen molar-refractivity contribution in [2.45, 2.75) is 50.4 Å². The number of aromatic nitrogens is 3. The molecule has 0 unspecified atom stereocenters. The van der Waals surface area contributed by atoms with Crippen LogP contribution in [0.5, 0.6) is 0 Å². The molecule has 8 heteroatoms. The molecule has 0 bridgehead atoms. The Morgan fingerprint density at radius 2 is 1.69 bits per heavy atom. The van der Waals surface area contributed by atoms with Gasteiger partial charge in [-0.25, -0.2) is 0 Å². The smallest absolute Gasteiger partial charge is 0.247 e. The van der Waals surface area contributed by atoms with Gasteiger partial charge >= 0.3 is 0 Å². The summed E-state index contributed by atoms with van der Waals surface area (Å²) < 4.78 is 19.4. The van der Waals surface area contributed by atoms with E-state index in [-0.39, 0.29) is 5.56 Å². The summed E-state index contributed by atoms with van der Waals surface area (Å²) in [6.45, 7) is 4.45. The molecule has 0 amide bonds. The minimum absolute atomic E-state index is 0.0875. The molecule has 0 atom stereocenters. The van der Waals surface area contributed by atoms with Crippen LogP contribution >= 0.6 is 0 Å². The zero-order chi connectivity index (χ0) is 26.6. The predicted molar refractivity (Wildman–Crippen MR) is 153 cm³/mol. The molecule has 0 radical (unpaired) electrons. The number of hydrogen-bond acceptors (Lipinski definition) is 6. The molecule has 8 nitrogen and oxygen atoms in total. The summed E-state index contributed by atoms with van der Waals surface area (Å²) in [7, 11) is 2.06. The summed E-state index contributed by atoms with van der Waals surface area (Å²) in [5.41, 5.74) is 4.31.